The summed E-state index contributed by atoms with van der Waals surface area (Å²) in [5.41, 5.74) is 4.56. The summed E-state index contributed by atoms with van der Waals surface area (Å²) in [7, 11) is 0. The standard InChI is InChI=1S/C18H15N7OS/c1-11-7-12(2)21-14(8-11)15-10-27-18(22-15)23-17(26)16-9-20-24-25(16)13-3-5-19-6-4-13/h3-10H,1-2H3,(H,22,23,26). The summed E-state index contributed by atoms with van der Waals surface area (Å²) < 4.78 is 1.46. The Labute approximate surface area is 159 Å². The van der Waals surface area contributed by atoms with Gasteiger partial charge in [0.25, 0.3) is 5.91 Å². The fourth-order valence-corrected chi connectivity index (χ4v) is 3.35. The van der Waals surface area contributed by atoms with E-state index in [1.807, 2.05) is 31.4 Å². The van der Waals surface area contributed by atoms with E-state index in [2.05, 4.69) is 30.6 Å². The number of nitrogens with one attached hydrogen (secondary N) is 1. The predicted octanol–water partition coefficient (Wildman–Crippen LogP) is 3.05. The van der Waals surface area contributed by atoms with E-state index in [-0.39, 0.29) is 5.91 Å². The Bertz CT molecular complexity index is 1080. The lowest BCUT2D eigenvalue weighted by molar-refractivity contribution is 0.101. The van der Waals surface area contributed by atoms with Gasteiger partial charge in [0, 0.05) is 23.5 Å². The molecule has 1 N–H and O–H groups in total. The number of anilines is 1. The van der Waals surface area contributed by atoms with Crippen molar-refractivity contribution >= 4 is 22.4 Å². The summed E-state index contributed by atoms with van der Waals surface area (Å²) in [4.78, 5) is 25.6. The summed E-state index contributed by atoms with van der Waals surface area (Å²) >= 11 is 1.34. The number of carbonyl (C=O) groups excluding carboxylic acids is 1. The van der Waals surface area contributed by atoms with Crippen molar-refractivity contribution in [3.05, 3.63) is 65.2 Å². The molecule has 27 heavy (non-hydrogen) atoms. The average molecular weight is 377 g/mol. The molecule has 8 nitrogen and oxygen atoms in total. The number of hydrogen-bond donors (Lipinski definition) is 1. The Kier molecular flexibility index (Phi) is 4.43. The van der Waals surface area contributed by atoms with Crippen molar-refractivity contribution in [2.45, 2.75) is 13.8 Å². The quantitative estimate of drug-likeness (QED) is 0.587. The molecular formula is C18H15N7OS. The molecule has 0 bridgehead atoms. The Morgan fingerprint density at radius 3 is 2.70 bits per heavy atom. The van der Waals surface area contributed by atoms with Gasteiger partial charge in [-0.2, -0.15) is 0 Å². The molecule has 0 atom stereocenters. The minimum Gasteiger partial charge on any atom is -0.296 e. The van der Waals surface area contributed by atoms with E-state index in [9.17, 15) is 4.79 Å². The zero-order valence-electron chi connectivity index (χ0n) is 14.6. The molecule has 4 aromatic heterocycles. The van der Waals surface area contributed by atoms with Gasteiger partial charge in [0.05, 0.1) is 17.6 Å². The molecule has 0 aliphatic heterocycles. The highest BCUT2D eigenvalue weighted by Gasteiger charge is 2.17. The first-order valence-electron chi connectivity index (χ1n) is 8.14. The van der Waals surface area contributed by atoms with Crippen molar-refractivity contribution in [2.24, 2.45) is 0 Å². The van der Waals surface area contributed by atoms with E-state index < -0.39 is 0 Å². The number of thiazole rings is 1. The lowest BCUT2D eigenvalue weighted by Gasteiger charge is -2.05. The first kappa shape index (κ1) is 17.0. The first-order valence-corrected chi connectivity index (χ1v) is 9.02. The molecule has 1 amide bonds. The number of aromatic nitrogens is 6. The third-order valence-corrected chi connectivity index (χ3v) is 4.53. The number of aryl methyl sites for hydroxylation is 2. The van der Waals surface area contributed by atoms with Crippen LogP contribution in [0.5, 0.6) is 0 Å². The largest absolute Gasteiger partial charge is 0.296 e. The van der Waals surface area contributed by atoms with Gasteiger partial charge in [-0.15, -0.1) is 16.4 Å². The Hall–Kier alpha value is -3.46. The molecule has 4 aromatic rings. The van der Waals surface area contributed by atoms with Crippen LogP contribution in [0.1, 0.15) is 21.7 Å². The molecule has 0 aliphatic carbocycles. The highest BCUT2D eigenvalue weighted by atomic mass is 32.1. The van der Waals surface area contributed by atoms with Crippen molar-refractivity contribution in [3.8, 4) is 17.1 Å². The molecule has 4 rings (SSSR count). The Morgan fingerprint density at radius 2 is 1.93 bits per heavy atom. The van der Waals surface area contributed by atoms with Crippen molar-refractivity contribution < 1.29 is 4.79 Å². The van der Waals surface area contributed by atoms with Crippen molar-refractivity contribution in [1.82, 2.24) is 29.9 Å². The molecular weight excluding hydrogens is 362 g/mol. The Balaban J connectivity index is 1.57. The van der Waals surface area contributed by atoms with Crippen LogP contribution in [0.15, 0.2) is 48.2 Å². The van der Waals surface area contributed by atoms with Gasteiger partial charge >= 0.3 is 0 Å². The fourth-order valence-electron chi connectivity index (χ4n) is 2.65. The van der Waals surface area contributed by atoms with Gasteiger partial charge in [-0.1, -0.05) is 5.21 Å². The Morgan fingerprint density at radius 1 is 1.11 bits per heavy atom. The van der Waals surface area contributed by atoms with Gasteiger partial charge in [-0.05, 0) is 43.7 Å². The van der Waals surface area contributed by atoms with Crippen LogP contribution in [-0.2, 0) is 0 Å². The maximum Gasteiger partial charge on any atom is 0.277 e. The summed E-state index contributed by atoms with van der Waals surface area (Å²) in [5, 5.41) is 13.0. The van der Waals surface area contributed by atoms with Crippen LogP contribution in [0.4, 0.5) is 5.13 Å². The van der Waals surface area contributed by atoms with E-state index in [0.29, 0.717) is 16.5 Å². The average Bonchev–Trinajstić information content (AvgIpc) is 3.31. The molecule has 0 spiro atoms. The SMILES string of the molecule is Cc1cc(C)nc(-c2csc(NC(=O)c3cnnn3-c3ccncc3)n2)c1. The lowest BCUT2D eigenvalue weighted by atomic mass is 10.2. The van der Waals surface area contributed by atoms with Gasteiger partial charge in [-0.3, -0.25) is 20.1 Å². The normalized spacial score (nSPS) is 10.7. The molecule has 0 saturated carbocycles. The fraction of sp³-hybridized carbons (Fsp3) is 0.111. The number of amides is 1. The predicted molar refractivity (Wildman–Crippen MR) is 102 cm³/mol. The van der Waals surface area contributed by atoms with E-state index in [4.69, 9.17) is 0 Å². The summed E-state index contributed by atoms with van der Waals surface area (Å²) in [6.45, 7) is 3.96. The maximum atomic E-state index is 12.6. The smallest absolute Gasteiger partial charge is 0.277 e. The van der Waals surface area contributed by atoms with Crippen LogP contribution >= 0.6 is 11.3 Å². The minimum absolute atomic E-state index is 0.308. The van der Waals surface area contributed by atoms with Crippen LogP contribution in [0.2, 0.25) is 0 Å². The molecule has 0 aromatic carbocycles. The molecule has 0 aliphatic rings. The van der Waals surface area contributed by atoms with Gasteiger partial charge in [0.1, 0.15) is 5.69 Å². The van der Waals surface area contributed by atoms with Crippen molar-refractivity contribution in [2.75, 3.05) is 5.32 Å². The minimum atomic E-state index is -0.342. The van der Waals surface area contributed by atoms with Gasteiger partial charge in [-0.25, -0.2) is 9.67 Å². The number of rotatable bonds is 4. The van der Waals surface area contributed by atoms with Crippen LogP contribution < -0.4 is 5.32 Å². The summed E-state index contributed by atoms with van der Waals surface area (Å²) in [5.74, 6) is -0.342. The van der Waals surface area contributed by atoms with Gasteiger partial charge < -0.3 is 0 Å². The number of pyridine rings is 2. The number of nitrogens with zero attached hydrogens (tertiary/aromatic N) is 6. The molecule has 134 valence electrons. The summed E-state index contributed by atoms with van der Waals surface area (Å²) in [6, 6.07) is 7.47. The van der Waals surface area contributed by atoms with Gasteiger partial charge in [0.2, 0.25) is 0 Å². The number of carbonyl (C=O) groups is 1. The second-order valence-corrected chi connectivity index (χ2v) is 6.76. The monoisotopic (exact) mass is 377 g/mol. The van der Waals surface area contributed by atoms with Crippen LogP contribution in [0.25, 0.3) is 17.1 Å². The zero-order chi connectivity index (χ0) is 18.8. The van der Waals surface area contributed by atoms with E-state index in [1.165, 1.54) is 22.2 Å². The highest BCUT2D eigenvalue weighted by molar-refractivity contribution is 7.14. The second-order valence-electron chi connectivity index (χ2n) is 5.90. The molecule has 4 heterocycles. The van der Waals surface area contributed by atoms with Crippen LogP contribution in [0, 0.1) is 13.8 Å². The van der Waals surface area contributed by atoms with E-state index >= 15 is 0 Å². The van der Waals surface area contributed by atoms with Crippen LogP contribution in [0.3, 0.4) is 0 Å². The van der Waals surface area contributed by atoms with Gasteiger partial charge in [0.15, 0.2) is 10.8 Å². The second kappa shape index (κ2) is 7.04. The third kappa shape index (κ3) is 3.58. The molecule has 9 heteroatoms. The van der Waals surface area contributed by atoms with E-state index in [1.54, 1.807) is 24.5 Å². The van der Waals surface area contributed by atoms with Crippen LogP contribution in [-0.4, -0.2) is 35.9 Å². The summed E-state index contributed by atoms with van der Waals surface area (Å²) in [6.07, 6.45) is 4.67. The van der Waals surface area contributed by atoms with Crippen molar-refractivity contribution in [1.29, 1.82) is 0 Å². The molecule has 0 saturated heterocycles. The first-order chi connectivity index (χ1) is 13.1. The topological polar surface area (TPSA) is 98.5 Å². The zero-order valence-corrected chi connectivity index (χ0v) is 15.4. The maximum absolute atomic E-state index is 12.6. The third-order valence-electron chi connectivity index (χ3n) is 3.77. The molecule has 0 unspecified atom stereocenters. The highest BCUT2D eigenvalue weighted by Crippen LogP contribution is 2.25. The van der Waals surface area contributed by atoms with Crippen molar-refractivity contribution in [3.63, 3.8) is 0 Å². The lowest BCUT2D eigenvalue weighted by Crippen LogP contribution is -2.16. The number of hydrogen-bond acceptors (Lipinski definition) is 7. The molecule has 0 fully saturated rings. The molecule has 0 radical (unpaired) electrons. The van der Waals surface area contributed by atoms with E-state index in [0.717, 1.165) is 22.6 Å².